The van der Waals surface area contributed by atoms with E-state index < -0.39 is 8.07 Å². The first-order chi connectivity index (χ1) is 3.98. The first-order valence-corrected chi connectivity index (χ1v) is 6.77. The molecule has 1 nitrogen and oxygen atoms in total. The van der Waals surface area contributed by atoms with Crippen LogP contribution in [0.3, 0.4) is 0 Å². The first-order valence-electron chi connectivity index (χ1n) is 3.27. The Hall–Kier alpha value is -0.0831. The van der Waals surface area contributed by atoms with Crippen LogP contribution in [0.25, 0.3) is 0 Å². The third-order valence-corrected chi connectivity index (χ3v) is 3.85. The van der Waals surface area contributed by atoms with Gasteiger partial charge in [0.2, 0.25) is 0 Å². The van der Waals surface area contributed by atoms with Gasteiger partial charge in [0.25, 0.3) is 0 Å². The van der Waals surface area contributed by atoms with E-state index in [1.54, 1.807) is 0 Å². The predicted molar refractivity (Wildman–Crippen MR) is 44.2 cm³/mol. The average molecular weight is 144 g/mol. The molecular formula is C7H16OSi. The zero-order chi connectivity index (χ0) is 7.49. The molecule has 0 aromatic carbocycles. The van der Waals surface area contributed by atoms with Gasteiger partial charge in [-0.15, -0.1) is 6.58 Å². The van der Waals surface area contributed by atoms with Crippen LogP contribution in [0.2, 0.25) is 19.6 Å². The third kappa shape index (κ3) is 3.49. The highest BCUT2D eigenvalue weighted by molar-refractivity contribution is 6.82. The van der Waals surface area contributed by atoms with Gasteiger partial charge in [-0.1, -0.05) is 24.8 Å². The lowest BCUT2D eigenvalue weighted by Crippen LogP contribution is -2.23. The number of hydrogen-bond acceptors (Lipinski definition) is 1. The van der Waals surface area contributed by atoms with Crippen LogP contribution in [0.5, 0.6) is 0 Å². The minimum Gasteiger partial charge on any atom is -0.396 e. The van der Waals surface area contributed by atoms with Crippen LogP contribution >= 0.6 is 0 Å². The highest BCUT2D eigenvalue weighted by Gasteiger charge is 2.15. The molecule has 0 fully saturated rings. The smallest absolute Gasteiger partial charge is 0.0717 e. The first kappa shape index (κ1) is 8.92. The Morgan fingerprint density at radius 3 is 2.00 bits per heavy atom. The summed E-state index contributed by atoms with van der Waals surface area (Å²) in [6, 6.07) is 0. The SMILES string of the molecule is C=C(CCO)[Si](C)(C)C. The van der Waals surface area contributed by atoms with Crippen molar-refractivity contribution < 1.29 is 5.11 Å². The Morgan fingerprint density at radius 2 is 1.89 bits per heavy atom. The van der Waals surface area contributed by atoms with Crippen LogP contribution in [-0.4, -0.2) is 19.8 Å². The summed E-state index contributed by atoms with van der Waals surface area (Å²) in [4.78, 5) is 0. The molecular weight excluding hydrogens is 128 g/mol. The van der Waals surface area contributed by atoms with E-state index in [1.165, 1.54) is 5.20 Å². The number of aliphatic hydroxyl groups is 1. The van der Waals surface area contributed by atoms with E-state index in [9.17, 15) is 0 Å². The van der Waals surface area contributed by atoms with Gasteiger partial charge in [-0.2, -0.15) is 0 Å². The van der Waals surface area contributed by atoms with E-state index in [4.69, 9.17) is 5.11 Å². The van der Waals surface area contributed by atoms with Crippen molar-refractivity contribution in [2.75, 3.05) is 6.61 Å². The van der Waals surface area contributed by atoms with E-state index in [2.05, 4.69) is 26.2 Å². The quantitative estimate of drug-likeness (QED) is 0.599. The Kier molecular flexibility index (Phi) is 3.15. The summed E-state index contributed by atoms with van der Waals surface area (Å²) in [5, 5.41) is 9.82. The lowest BCUT2D eigenvalue weighted by molar-refractivity contribution is 0.301. The van der Waals surface area contributed by atoms with E-state index in [1.807, 2.05) is 0 Å². The van der Waals surface area contributed by atoms with Gasteiger partial charge in [0, 0.05) is 6.61 Å². The van der Waals surface area contributed by atoms with Gasteiger partial charge in [-0.05, 0) is 6.42 Å². The molecule has 0 aromatic heterocycles. The van der Waals surface area contributed by atoms with Crippen molar-refractivity contribution in [2.24, 2.45) is 0 Å². The van der Waals surface area contributed by atoms with Crippen molar-refractivity contribution in [3.8, 4) is 0 Å². The Balaban J connectivity index is 3.74. The third-order valence-electron chi connectivity index (χ3n) is 1.47. The summed E-state index contributed by atoms with van der Waals surface area (Å²) in [6.45, 7) is 10.9. The van der Waals surface area contributed by atoms with Gasteiger partial charge in [0.05, 0.1) is 8.07 Å². The van der Waals surface area contributed by atoms with Crippen LogP contribution in [0.15, 0.2) is 11.8 Å². The molecule has 0 bridgehead atoms. The molecule has 54 valence electrons. The maximum Gasteiger partial charge on any atom is 0.0717 e. The maximum absolute atomic E-state index is 8.56. The van der Waals surface area contributed by atoms with E-state index in [0.717, 1.165) is 6.42 Å². The molecule has 0 aliphatic heterocycles. The molecule has 0 aliphatic carbocycles. The molecule has 0 spiro atoms. The van der Waals surface area contributed by atoms with E-state index in [-0.39, 0.29) is 6.61 Å². The molecule has 0 aliphatic rings. The summed E-state index contributed by atoms with van der Waals surface area (Å²) < 4.78 is 0. The van der Waals surface area contributed by atoms with Gasteiger partial charge < -0.3 is 5.11 Å². The Bertz CT molecular complexity index is 102. The second kappa shape index (κ2) is 3.18. The van der Waals surface area contributed by atoms with Gasteiger partial charge in [0.15, 0.2) is 0 Å². The van der Waals surface area contributed by atoms with Crippen molar-refractivity contribution in [1.82, 2.24) is 0 Å². The molecule has 0 atom stereocenters. The molecule has 0 unspecified atom stereocenters. The minimum absolute atomic E-state index is 0.253. The van der Waals surface area contributed by atoms with Crippen LogP contribution in [-0.2, 0) is 0 Å². The highest BCUT2D eigenvalue weighted by atomic mass is 28.3. The summed E-state index contributed by atoms with van der Waals surface area (Å²) in [5.74, 6) is 0. The molecule has 0 heterocycles. The monoisotopic (exact) mass is 144 g/mol. The topological polar surface area (TPSA) is 20.2 Å². The number of rotatable bonds is 3. The Morgan fingerprint density at radius 1 is 1.44 bits per heavy atom. The molecule has 2 heteroatoms. The number of aliphatic hydroxyl groups excluding tert-OH is 1. The van der Waals surface area contributed by atoms with Crippen molar-refractivity contribution in [3.05, 3.63) is 11.8 Å². The molecule has 9 heavy (non-hydrogen) atoms. The largest absolute Gasteiger partial charge is 0.396 e. The normalized spacial score (nSPS) is 11.6. The van der Waals surface area contributed by atoms with E-state index in [0.29, 0.717) is 0 Å². The lowest BCUT2D eigenvalue weighted by atomic mass is 10.4. The zero-order valence-corrected chi connectivity index (χ0v) is 7.57. The fourth-order valence-electron chi connectivity index (χ4n) is 0.510. The summed E-state index contributed by atoms with van der Waals surface area (Å²) >= 11 is 0. The molecule has 0 saturated heterocycles. The lowest BCUT2D eigenvalue weighted by Gasteiger charge is -2.18. The fraction of sp³-hybridized carbons (Fsp3) is 0.714. The van der Waals surface area contributed by atoms with E-state index >= 15 is 0 Å². The molecule has 1 N–H and O–H groups in total. The van der Waals surface area contributed by atoms with Crippen molar-refractivity contribution in [2.45, 2.75) is 26.1 Å². The van der Waals surface area contributed by atoms with Gasteiger partial charge in [-0.25, -0.2) is 0 Å². The van der Waals surface area contributed by atoms with Crippen molar-refractivity contribution in [3.63, 3.8) is 0 Å². The van der Waals surface area contributed by atoms with Crippen molar-refractivity contribution in [1.29, 1.82) is 0 Å². The van der Waals surface area contributed by atoms with Crippen molar-refractivity contribution >= 4 is 8.07 Å². The molecule has 0 aromatic rings. The predicted octanol–water partition coefficient (Wildman–Crippen LogP) is 1.80. The minimum atomic E-state index is -1.14. The second-order valence-electron chi connectivity index (χ2n) is 3.33. The fourth-order valence-corrected chi connectivity index (χ4v) is 1.37. The average Bonchev–Trinajstić information content (AvgIpc) is 1.64. The standard InChI is InChI=1S/C7H16OSi/c1-7(5-6-8)9(2,3)4/h8H,1,5-6H2,2-4H3. The van der Waals surface area contributed by atoms with Gasteiger partial charge >= 0.3 is 0 Å². The van der Waals surface area contributed by atoms with Crippen LogP contribution in [0.1, 0.15) is 6.42 Å². The zero-order valence-electron chi connectivity index (χ0n) is 6.57. The van der Waals surface area contributed by atoms with Gasteiger partial charge in [0.1, 0.15) is 0 Å². The van der Waals surface area contributed by atoms with Crippen LogP contribution < -0.4 is 0 Å². The summed E-state index contributed by atoms with van der Waals surface area (Å²) in [5.41, 5.74) is 0. The Labute approximate surface area is 58.4 Å². The molecule has 0 saturated carbocycles. The molecule has 0 amide bonds. The molecule has 0 rings (SSSR count). The van der Waals surface area contributed by atoms with Crippen LogP contribution in [0.4, 0.5) is 0 Å². The number of hydrogen-bond donors (Lipinski definition) is 1. The highest BCUT2D eigenvalue weighted by Crippen LogP contribution is 2.14. The molecule has 0 radical (unpaired) electrons. The summed E-state index contributed by atoms with van der Waals surface area (Å²) in [7, 11) is -1.14. The summed E-state index contributed by atoms with van der Waals surface area (Å²) in [6.07, 6.45) is 0.787. The second-order valence-corrected chi connectivity index (χ2v) is 8.53. The maximum atomic E-state index is 8.56. The van der Waals surface area contributed by atoms with Gasteiger partial charge in [-0.3, -0.25) is 0 Å². The van der Waals surface area contributed by atoms with Crippen LogP contribution in [0, 0.1) is 0 Å².